The molecule has 0 saturated heterocycles. The van der Waals surface area contributed by atoms with E-state index in [1.165, 1.54) is 0 Å². The molecule has 0 aliphatic rings. The second-order valence-electron chi connectivity index (χ2n) is 4.68. The number of nitrogens with one attached hydrogen (secondary N) is 2. The third kappa shape index (κ3) is 3.72. The van der Waals surface area contributed by atoms with Gasteiger partial charge in [0.1, 0.15) is 23.4 Å². The molecule has 2 rings (SSSR count). The average molecular weight is 319 g/mol. The fourth-order valence-corrected chi connectivity index (χ4v) is 2.03. The number of aldehydes is 1. The van der Waals surface area contributed by atoms with Crippen LogP contribution in [-0.4, -0.2) is 36.8 Å². The molecule has 23 heavy (non-hydrogen) atoms. The summed E-state index contributed by atoms with van der Waals surface area (Å²) in [6, 6.07) is 4.94. The van der Waals surface area contributed by atoms with Gasteiger partial charge in [-0.2, -0.15) is 0 Å². The normalized spacial score (nSPS) is 10.4. The van der Waals surface area contributed by atoms with Gasteiger partial charge < -0.3 is 9.47 Å². The minimum atomic E-state index is 0.0459. The van der Waals surface area contributed by atoms with Crippen LogP contribution in [-0.2, 0) is 4.74 Å². The molecule has 8 nitrogen and oxygen atoms in total. The summed E-state index contributed by atoms with van der Waals surface area (Å²) in [5, 5.41) is 5.41. The zero-order valence-corrected chi connectivity index (χ0v) is 13.3. The summed E-state index contributed by atoms with van der Waals surface area (Å²) in [7, 11) is 1.61. The van der Waals surface area contributed by atoms with Crippen molar-refractivity contribution < 1.29 is 18.8 Å². The van der Waals surface area contributed by atoms with E-state index in [0.717, 1.165) is 6.29 Å². The van der Waals surface area contributed by atoms with Crippen molar-refractivity contribution in [3.05, 3.63) is 34.4 Å². The molecule has 0 bridgehead atoms. The van der Waals surface area contributed by atoms with Gasteiger partial charge in [0.25, 0.3) is 0 Å². The number of hydrogen-bond acceptors (Lipinski definition) is 6. The number of carbonyl (C=O) groups excluding carboxylic acids is 1. The molecule has 0 saturated carbocycles. The van der Waals surface area contributed by atoms with Crippen LogP contribution in [0.15, 0.2) is 18.2 Å². The summed E-state index contributed by atoms with van der Waals surface area (Å²) in [5.41, 5.74) is 2.20. The van der Waals surface area contributed by atoms with Gasteiger partial charge in [-0.3, -0.25) is 10.1 Å². The topological polar surface area (TPSA) is 99.2 Å². The van der Waals surface area contributed by atoms with Crippen LogP contribution in [0, 0.1) is 11.8 Å². The highest BCUT2D eigenvalue weighted by Gasteiger charge is 2.18. The summed E-state index contributed by atoms with van der Waals surface area (Å²) in [5.74, 6) is 0.592. The Kier molecular flexibility index (Phi) is 5.42. The number of aryl methyl sites for hydroxylation is 1. The van der Waals surface area contributed by atoms with E-state index < -0.39 is 0 Å². The molecule has 0 radical (unpaired) electrons. The van der Waals surface area contributed by atoms with E-state index in [1.807, 2.05) is 6.92 Å². The summed E-state index contributed by atoms with van der Waals surface area (Å²) < 4.78 is 11.3. The Morgan fingerprint density at radius 3 is 2.87 bits per heavy atom. The average Bonchev–Trinajstić information content (AvgIpc) is 2.56. The lowest BCUT2D eigenvalue weighted by atomic mass is 10.1. The molecule has 122 valence electrons. The van der Waals surface area contributed by atoms with E-state index in [9.17, 15) is 9.70 Å². The van der Waals surface area contributed by atoms with Crippen molar-refractivity contribution in [3.63, 3.8) is 0 Å². The Bertz CT molecular complexity index is 758. The lowest BCUT2D eigenvalue weighted by molar-refractivity contribution is -0.551. The lowest BCUT2D eigenvalue weighted by Gasteiger charge is -2.12. The predicted octanol–water partition coefficient (Wildman–Crippen LogP) is 1.53. The van der Waals surface area contributed by atoms with Gasteiger partial charge in [0.2, 0.25) is 0 Å². The predicted molar refractivity (Wildman–Crippen MR) is 84.2 cm³/mol. The maximum Gasteiger partial charge on any atom is 0.452 e. The second-order valence-corrected chi connectivity index (χ2v) is 4.68. The first-order valence-electron chi connectivity index (χ1n) is 7.12. The first-order chi connectivity index (χ1) is 11.1. The minimum absolute atomic E-state index is 0.0459. The SMILES string of the molecule is CCOCOc1cc(C=O)ccc1-c1[nH][n+](=O)c(NC)nc1C. The molecule has 0 atom stereocenters. The summed E-state index contributed by atoms with van der Waals surface area (Å²) >= 11 is 0. The van der Waals surface area contributed by atoms with Crippen LogP contribution in [0.5, 0.6) is 5.75 Å². The fourth-order valence-electron chi connectivity index (χ4n) is 2.03. The Labute approximate surface area is 133 Å². The molecule has 2 N–H and O–H groups in total. The van der Waals surface area contributed by atoms with Crippen molar-refractivity contribution in [1.82, 2.24) is 10.1 Å². The van der Waals surface area contributed by atoms with Crippen LogP contribution in [0.1, 0.15) is 23.0 Å². The minimum Gasteiger partial charge on any atom is -0.467 e. The van der Waals surface area contributed by atoms with Gasteiger partial charge in [-0.05, 0) is 26.0 Å². The quantitative estimate of drug-likeness (QED) is 0.347. The van der Waals surface area contributed by atoms with Crippen molar-refractivity contribution in [2.75, 3.05) is 25.8 Å². The third-order valence-corrected chi connectivity index (χ3v) is 3.18. The molecule has 0 fully saturated rings. The van der Waals surface area contributed by atoms with Gasteiger partial charge in [-0.25, -0.2) is 5.10 Å². The van der Waals surface area contributed by atoms with E-state index in [1.54, 1.807) is 32.2 Å². The molecule has 2 aromatic rings. The van der Waals surface area contributed by atoms with Gasteiger partial charge in [0.15, 0.2) is 6.79 Å². The van der Waals surface area contributed by atoms with Crippen molar-refractivity contribution in [3.8, 4) is 17.0 Å². The van der Waals surface area contributed by atoms with Crippen molar-refractivity contribution in [1.29, 1.82) is 0 Å². The number of nitrogens with zero attached hydrogens (tertiary/aromatic N) is 2. The van der Waals surface area contributed by atoms with Crippen LogP contribution in [0.2, 0.25) is 0 Å². The van der Waals surface area contributed by atoms with Crippen LogP contribution in [0.25, 0.3) is 11.3 Å². The molecule has 1 aromatic heterocycles. The molecule has 1 aromatic carbocycles. The van der Waals surface area contributed by atoms with E-state index in [2.05, 4.69) is 15.4 Å². The Hall–Kier alpha value is -2.74. The zero-order chi connectivity index (χ0) is 16.8. The molecule has 0 aliphatic carbocycles. The van der Waals surface area contributed by atoms with Crippen molar-refractivity contribution >= 4 is 12.2 Å². The van der Waals surface area contributed by atoms with Gasteiger partial charge in [-0.1, -0.05) is 16.0 Å². The number of anilines is 1. The van der Waals surface area contributed by atoms with E-state index in [0.29, 0.717) is 39.4 Å². The number of carbonyl (C=O) groups is 1. The van der Waals surface area contributed by atoms with Crippen LogP contribution < -0.4 is 14.6 Å². The van der Waals surface area contributed by atoms with Crippen LogP contribution in [0.4, 0.5) is 5.95 Å². The number of hydrogen-bond donors (Lipinski definition) is 2. The van der Waals surface area contributed by atoms with E-state index in [-0.39, 0.29) is 12.7 Å². The highest BCUT2D eigenvalue weighted by Crippen LogP contribution is 2.30. The monoisotopic (exact) mass is 319 g/mol. The summed E-state index contributed by atoms with van der Waals surface area (Å²) in [4.78, 5) is 27.1. The fraction of sp³-hybridized carbons (Fsp3) is 0.333. The highest BCUT2D eigenvalue weighted by molar-refractivity contribution is 5.79. The number of benzene rings is 1. The molecule has 8 heteroatoms. The number of H-pyrrole nitrogens is 1. The van der Waals surface area contributed by atoms with E-state index >= 15 is 0 Å². The van der Waals surface area contributed by atoms with Crippen molar-refractivity contribution in [2.45, 2.75) is 13.8 Å². The largest absolute Gasteiger partial charge is 0.467 e. The lowest BCUT2D eigenvalue weighted by Crippen LogP contribution is -2.27. The first kappa shape index (κ1) is 16.6. The Morgan fingerprint density at radius 1 is 1.43 bits per heavy atom. The smallest absolute Gasteiger partial charge is 0.452 e. The van der Waals surface area contributed by atoms with E-state index in [4.69, 9.17) is 9.47 Å². The van der Waals surface area contributed by atoms with Gasteiger partial charge >= 0.3 is 5.95 Å². The van der Waals surface area contributed by atoms with Gasteiger partial charge in [-0.15, -0.1) is 0 Å². The molecule has 0 amide bonds. The van der Waals surface area contributed by atoms with Gasteiger partial charge in [0, 0.05) is 17.7 Å². The van der Waals surface area contributed by atoms with Gasteiger partial charge in [0.05, 0.1) is 11.6 Å². The number of aromatic nitrogens is 3. The van der Waals surface area contributed by atoms with Crippen LogP contribution >= 0.6 is 0 Å². The second kappa shape index (κ2) is 7.50. The summed E-state index contributed by atoms with van der Waals surface area (Å²) in [6.07, 6.45) is 0.726. The third-order valence-electron chi connectivity index (χ3n) is 3.18. The molecule has 0 spiro atoms. The maximum absolute atomic E-state index is 11.9. The Balaban J connectivity index is 2.51. The van der Waals surface area contributed by atoms with Crippen LogP contribution in [0.3, 0.4) is 0 Å². The number of aromatic amines is 1. The number of rotatable bonds is 7. The Morgan fingerprint density at radius 2 is 2.22 bits per heavy atom. The molecule has 1 heterocycles. The first-order valence-corrected chi connectivity index (χ1v) is 7.12. The molecule has 0 aliphatic heterocycles. The zero-order valence-electron chi connectivity index (χ0n) is 13.3. The highest BCUT2D eigenvalue weighted by atomic mass is 16.7. The standard InChI is InChI=1S/C15H18N4O4/c1-4-22-9-23-13-7-11(8-20)5-6-12(13)14-10(2)17-15(16-3)19(21)18-14/h5-8H,4,9H2,1-3H3,(H-,16,17,18,20,21)/p+1. The van der Waals surface area contributed by atoms with Crippen molar-refractivity contribution in [2.24, 2.45) is 0 Å². The molecule has 0 unspecified atom stereocenters. The molecular weight excluding hydrogens is 300 g/mol. The maximum atomic E-state index is 11.9. The molecular formula is C15H19N4O4+. The summed E-state index contributed by atoms with van der Waals surface area (Å²) in [6.45, 7) is 4.18. The number of ether oxygens (including phenoxy) is 2.